The predicted molar refractivity (Wildman–Crippen MR) is 75.6 cm³/mol. The number of nitrogens with zero attached hydrogens (tertiary/aromatic N) is 3. The van der Waals surface area contributed by atoms with Crippen molar-refractivity contribution in [1.29, 1.82) is 0 Å². The molecule has 1 aromatic rings. The number of hydrogen-bond donors (Lipinski definition) is 1. The van der Waals surface area contributed by atoms with Gasteiger partial charge in [0.15, 0.2) is 0 Å². The molecule has 1 aromatic heterocycles. The van der Waals surface area contributed by atoms with Gasteiger partial charge in [0.05, 0.1) is 5.92 Å². The van der Waals surface area contributed by atoms with Gasteiger partial charge in [-0.15, -0.1) is 0 Å². The van der Waals surface area contributed by atoms with Crippen LogP contribution in [0, 0.1) is 11.8 Å². The Bertz CT molecular complexity index is 497. The van der Waals surface area contributed by atoms with Crippen molar-refractivity contribution in [3.8, 4) is 0 Å². The summed E-state index contributed by atoms with van der Waals surface area (Å²) < 4.78 is 2.26. The number of aromatic nitrogens is 2. The third-order valence-corrected chi connectivity index (χ3v) is 4.82. The molecule has 0 spiro atoms. The first-order valence-corrected chi connectivity index (χ1v) is 7.65. The molecule has 0 bridgehead atoms. The molecule has 1 N–H and O–H groups in total. The zero-order valence-electron chi connectivity index (χ0n) is 12.1. The SMILES string of the molecule is CCN1CCC(Cc2ncc3n2CCC(C(=O)O)C3)C1. The van der Waals surface area contributed by atoms with Crippen molar-refractivity contribution in [2.75, 3.05) is 19.6 Å². The summed E-state index contributed by atoms with van der Waals surface area (Å²) in [7, 11) is 0. The van der Waals surface area contributed by atoms with Gasteiger partial charge in [-0.2, -0.15) is 0 Å². The molecule has 0 aliphatic carbocycles. The first-order valence-electron chi connectivity index (χ1n) is 7.65. The topological polar surface area (TPSA) is 58.4 Å². The van der Waals surface area contributed by atoms with Gasteiger partial charge < -0.3 is 14.6 Å². The predicted octanol–water partition coefficient (Wildman–Crippen LogP) is 1.41. The number of aliphatic carboxylic acids is 1. The van der Waals surface area contributed by atoms with Gasteiger partial charge in [-0.25, -0.2) is 4.98 Å². The van der Waals surface area contributed by atoms with E-state index in [0.717, 1.165) is 37.4 Å². The Hall–Kier alpha value is -1.36. The van der Waals surface area contributed by atoms with Gasteiger partial charge in [0.2, 0.25) is 0 Å². The van der Waals surface area contributed by atoms with Gasteiger partial charge >= 0.3 is 5.97 Å². The summed E-state index contributed by atoms with van der Waals surface area (Å²) >= 11 is 0. The maximum atomic E-state index is 11.1. The number of carboxylic acids is 1. The largest absolute Gasteiger partial charge is 0.481 e. The maximum Gasteiger partial charge on any atom is 0.306 e. The molecule has 5 nitrogen and oxygen atoms in total. The number of hydrogen-bond acceptors (Lipinski definition) is 3. The third kappa shape index (κ3) is 2.59. The van der Waals surface area contributed by atoms with E-state index in [2.05, 4.69) is 21.4 Å². The minimum absolute atomic E-state index is 0.228. The normalized spacial score (nSPS) is 26.6. The highest BCUT2D eigenvalue weighted by molar-refractivity contribution is 5.70. The summed E-state index contributed by atoms with van der Waals surface area (Å²) in [5.41, 5.74) is 1.10. The standard InChI is InChI=1S/C15H23N3O2/c1-2-17-5-3-11(10-17)7-14-16-9-13-8-12(15(19)20)4-6-18(13)14/h9,11-12H,2-8,10H2,1H3,(H,19,20). The molecule has 0 aromatic carbocycles. The lowest BCUT2D eigenvalue weighted by Crippen LogP contribution is -2.26. The average Bonchev–Trinajstić information content (AvgIpc) is 3.06. The second kappa shape index (κ2) is 5.56. The Morgan fingerprint density at radius 2 is 2.30 bits per heavy atom. The average molecular weight is 277 g/mol. The molecule has 5 heteroatoms. The van der Waals surface area contributed by atoms with Gasteiger partial charge in [0, 0.05) is 37.8 Å². The third-order valence-electron chi connectivity index (χ3n) is 4.82. The minimum Gasteiger partial charge on any atom is -0.481 e. The van der Waals surface area contributed by atoms with E-state index in [1.54, 1.807) is 0 Å². The lowest BCUT2D eigenvalue weighted by atomic mass is 9.96. The highest BCUT2D eigenvalue weighted by Crippen LogP contribution is 2.25. The lowest BCUT2D eigenvalue weighted by molar-refractivity contribution is -0.142. The second-order valence-electron chi connectivity index (χ2n) is 6.10. The van der Waals surface area contributed by atoms with Crippen LogP contribution in [0.5, 0.6) is 0 Å². The van der Waals surface area contributed by atoms with Crippen LogP contribution in [-0.2, 0) is 24.2 Å². The molecule has 2 aliphatic heterocycles. The molecule has 0 amide bonds. The smallest absolute Gasteiger partial charge is 0.306 e. The van der Waals surface area contributed by atoms with Crippen LogP contribution < -0.4 is 0 Å². The van der Waals surface area contributed by atoms with Gasteiger partial charge in [0.1, 0.15) is 5.82 Å². The molecular formula is C15H23N3O2. The molecule has 0 radical (unpaired) electrons. The quantitative estimate of drug-likeness (QED) is 0.904. The Kier molecular flexibility index (Phi) is 3.78. The van der Waals surface area contributed by atoms with Crippen molar-refractivity contribution in [3.63, 3.8) is 0 Å². The summed E-state index contributed by atoms with van der Waals surface area (Å²) in [5, 5.41) is 9.12. The van der Waals surface area contributed by atoms with Gasteiger partial charge in [-0.05, 0) is 31.8 Å². The van der Waals surface area contributed by atoms with Crippen LogP contribution in [0.25, 0.3) is 0 Å². The molecule has 1 fully saturated rings. The maximum absolute atomic E-state index is 11.1. The summed E-state index contributed by atoms with van der Waals surface area (Å²) in [4.78, 5) is 18.1. The molecule has 1 saturated heterocycles. The van der Waals surface area contributed by atoms with Crippen molar-refractivity contribution in [1.82, 2.24) is 14.5 Å². The Morgan fingerprint density at radius 3 is 3.00 bits per heavy atom. The Balaban J connectivity index is 1.67. The number of carbonyl (C=O) groups is 1. The van der Waals surface area contributed by atoms with E-state index in [1.807, 2.05) is 6.20 Å². The van der Waals surface area contributed by atoms with E-state index >= 15 is 0 Å². The first-order chi connectivity index (χ1) is 9.67. The molecular weight excluding hydrogens is 254 g/mol. The molecule has 0 saturated carbocycles. The van der Waals surface area contributed by atoms with Crippen LogP contribution in [0.15, 0.2) is 6.20 Å². The lowest BCUT2D eigenvalue weighted by Gasteiger charge is -2.22. The van der Waals surface area contributed by atoms with Crippen LogP contribution in [0.2, 0.25) is 0 Å². The zero-order chi connectivity index (χ0) is 14.1. The summed E-state index contributed by atoms with van der Waals surface area (Å²) in [6.45, 7) is 6.54. The summed E-state index contributed by atoms with van der Waals surface area (Å²) in [5.74, 6) is 0.966. The van der Waals surface area contributed by atoms with Crippen LogP contribution in [-0.4, -0.2) is 45.2 Å². The van der Waals surface area contributed by atoms with E-state index in [0.29, 0.717) is 12.3 Å². The monoisotopic (exact) mass is 277 g/mol. The highest BCUT2D eigenvalue weighted by atomic mass is 16.4. The first kappa shape index (κ1) is 13.6. The van der Waals surface area contributed by atoms with Crippen molar-refractivity contribution in [2.24, 2.45) is 11.8 Å². The van der Waals surface area contributed by atoms with Crippen molar-refractivity contribution in [2.45, 2.75) is 39.2 Å². The number of fused-ring (bicyclic) bond motifs is 1. The molecule has 3 rings (SSSR count). The number of carboxylic acid groups (broad SMARTS) is 1. The van der Waals surface area contributed by atoms with Crippen molar-refractivity contribution < 1.29 is 9.90 Å². The zero-order valence-corrected chi connectivity index (χ0v) is 12.1. The molecule has 110 valence electrons. The fraction of sp³-hybridized carbons (Fsp3) is 0.733. The van der Waals surface area contributed by atoms with Gasteiger partial charge in [-0.1, -0.05) is 6.92 Å². The Labute approximate surface area is 119 Å². The van der Waals surface area contributed by atoms with Gasteiger partial charge in [0.25, 0.3) is 0 Å². The minimum atomic E-state index is -0.673. The van der Waals surface area contributed by atoms with Crippen LogP contribution >= 0.6 is 0 Å². The molecule has 2 aliphatic rings. The van der Waals surface area contributed by atoms with Crippen LogP contribution in [0.1, 0.15) is 31.3 Å². The molecule has 3 heterocycles. The molecule has 20 heavy (non-hydrogen) atoms. The van der Waals surface area contributed by atoms with E-state index < -0.39 is 5.97 Å². The van der Waals surface area contributed by atoms with Crippen molar-refractivity contribution >= 4 is 5.97 Å². The second-order valence-corrected chi connectivity index (χ2v) is 6.10. The molecule has 2 atom stereocenters. The summed E-state index contributed by atoms with van der Waals surface area (Å²) in [6, 6.07) is 0. The number of imidazole rings is 1. The van der Waals surface area contributed by atoms with Crippen LogP contribution in [0.4, 0.5) is 0 Å². The van der Waals surface area contributed by atoms with E-state index in [1.165, 1.54) is 19.5 Å². The number of rotatable bonds is 4. The van der Waals surface area contributed by atoms with E-state index in [-0.39, 0.29) is 5.92 Å². The highest BCUT2D eigenvalue weighted by Gasteiger charge is 2.28. The van der Waals surface area contributed by atoms with E-state index in [4.69, 9.17) is 5.11 Å². The fourth-order valence-electron chi connectivity index (χ4n) is 3.53. The number of likely N-dealkylation sites (tertiary alicyclic amines) is 1. The van der Waals surface area contributed by atoms with E-state index in [9.17, 15) is 4.79 Å². The fourth-order valence-corrected chi connectivity index (χ4v) is 3.53. The summed E-state index contributed by atoms with van der Waals surface area (Å²) in [6.07, 6.45) is 5.55. The van der Waals surface area contributed by atoms with Crippen molar-refractivity contribution in [3.05, 3.63) is 17.7 Å². The molecule has 2 unspecified atom stereocenters. The van der Waals surface area contributed by atoms with Crippen LogP contribution in [0.3, 0.4) is 0 Å². The van der Waals surface area contributed by atoms with Gasteiger partial charge in [-0.3, -0.25) is 4.79 Å². The Morgan fingerprint density at radius 1 is 1.45 bits per heavy atom.